The molecule has 3 aliphatic rings. The summed E-state index contributed by atoms with van der Waals surface area (Å²) >= 11 is 0. The molecule has 2 bridgehead atoms. The predicted octanol–water partition coefficient (Wildman–Crippen LogP) is 4.11. The van der Waals surface area contributed by atoms with Crippen molar-refractivity contribution < 1.29 is 9.18 Å². The third-order valence-electron chi connectivity index (χ3n) is 7.36. The van der Waals surface area contributed by atoms with Crippen molar-refractivity contribution in [2.75, 3.05) is 0 Å². The van der Waals surface area contributed by atoms with Crippen LogP contribution in [0.15, 0.2) is 30.3 Å². The third kappa shape index (κ3) is 2.11. The number of carbonyl (C=O) groups is 1. The smallest absolute Gasteiger partial charge is 0.233 e. The Balaban J connectivity index is 1.60. The number of hydrogen-bond donors (Lipinski definition) is 1. The van der Waals surface area contributed by atoms with Crippen LogP contribution in [-0.4, -0.2) is 22.1 Å². The number of nitrogens with zero attached hydrogens (tertiary/aromatic N) is 2. The molecule has 2 fully saturated rings. The third-order valence-corrected chi connectivity index (χ3v) is 7.36. The van der Waals surface area contributed by atoms with Crippen molar-refractivity contribution in [3.63, 3.8) is 0 Å². The SMILES string of the molecule is CC1(C)[C@H]2CC[C@]1(C(=O)NC1CCC1)c1nnc(-c3ccccc3F)cc12. The Morgan fingerprint density at radius 2 is 1.96 bits per heavy atom. The van der Waals surface area contributed by atoms with E-state index in [2.05, 4.69) is 29.4 Å². The maximum atomic E-state index is 14.2. The van der Waals surface area contributed by atoms with E-state index in [0.29, 0.717) is 17.3 Å². The van der Waals surface area contributed by atoms with Crippen LogP contribution < -0.4 is 5.32 Å². The van der Waals surface area contributed by atoms with Crippen molar-refractivity contribution in [2.45, 2.75) is 63.3 Å². The molecular weight excluding hydrogens is 341 g/mol. The summed E-state index contributed by atoms with van der Waals surface area (Å²) in [7, 11) is 0. The van der Waals surface area contributed by atoms with Crippen LogP contribution in [-0.2, 0) is 10.2 Å². The molecule has 1 aromatic carbocycles. The zero-order valence-electron chi connectivity index (χ0n) is 15.8. The molecule has 3 aliphatic carbocycles. The highest BCUT2D eigenvalue weighted by Crippen LogP contribution is 2.67. The Morgan fingerprint density at radius 1 is 1.19 bits per heavy atom. The van der Waals surface area contributed by atoms with Gasteiger partial charge in [0, 0.05) is 11.6 Å². The molecule has 1 N–H and O–H groups in total. The fourth-order valence-corrected chi connectivity index (χ4v) is 5.49. The Morgan fingerprint density at radius 3 is 2.67 bits per heavy atom. The van der Waals surface area contributed by atoms with E-state index >= 15 is 0 Å². The topological polar surface area (TPSA) is 54.9 Å². The highest BCUT2D eigenvalue weighted by atomic mass is 19.1. The minimum Gasteiger partial charge on any atom is -0.353 e. The fraction of sp³-hybridized carbons (Fsp3) is 0.500. The maximum absolute atomic E-state index is 14.2. The molecule has 2 aromatic rings. The van der Waals surface area contributed by atoms with E-state index in [0.717, 1.165) is 36.9 Å². The Bertz CT molecular complexity index is 937. The van der Waals surface area contributed by atoms with E-state index in [1.54, 1.807) is 18.2 Å². The molecule has 0 unspecified atom stereocenters. The lowest BCUT2D eigenvalue weighted by molar-refractivity contribution is -0.131. The summed E-state index contributed by atoms with van der Waals surface area (Å²) in [5.41, 5.74) is 2.05. The first kappa shape index (κ1) is 16.8. The van der Waals surface area contributed by atoms with Crippen molar-refractivity contribution in [1.82, 2.24) is 15.5 Å². The van der Waals surface area contributed by atoms with Crippen LogP contribution in [0.25, 0.3) is 11.3 Å². The zero-order chi connectivity index (χ0) is 18.8. The Kier molecular flexibility index (Phi) is 3.49. The van der Waals surface area contributed by atoms with Crippen LogP contribution in [0.3, 0.4) is 0 Å². The van der Waals surface area contributed by atoms with Crippen LogP contribution in [0, 0.1) is 11.2 Å². The second kappa shape index (κ2) is 5.60. The van der Waals surface area contributed by atoms with Gasteiger partial charge in [-0.05, 0) is 67.2 Å². The van der Waals surface area contributed by atoms with Gasteiger partial charge < -0.3 is 5.32 Å². The highest BCUT2D eigenvalue weighted by molar-refractivity contribution is 5.92. The number of halogens is 1. The Labute approximate surface area is 158 Å². The van der Waals surface area contributed by atoms with Crippen molar-refractivity contribution in [3.8, 4) is 11.3 Å². The summed E-state index contributed by atoms with van der Waals surface area (Å²) in [6, 6.07) is 8.90. The van der Waals surface area contributed by atoms with Gasteiger partial charge in [-0.1, -0.05) is 26.0 Å². The van der Waals surface area contributed by atoms with E-state index in [1.807, 2.05) is 6.07 Å². The van der Waals surface area contributed by atoms with Gasteiger partial charge in [-0.2, -0.15) is 10.2 Å². The lowest BCUT2D eigenvalue weighted by Gasteiger charge is -2.39. The molecule has 5 heteroatoms. The van der Waals surface area contributed by atoms with Gasteiger partial charge in [0.1, 0.15) is 5.82 Å². The van der Waals surface area contributed by atoms with E-state index in [1.165, 1.54) is 12.5 Å². The second-order valence-electron chi connectivity index (χ2n) is 8.83. The molecular formula is C22H24FN3O. The molecule has 0 aliphatic heterocycles. The van der Waals surface area contributed by atoms with Crippen molar-refractivity contribution in [2.24, 2.45) is 5.41 Å². The summed E-state index contributed by atoms with van der Waals surface area (Å²) < 4.78 is 14.2. The van der Waals surface area contributed by atoms with Gasteiger partial charge in [-0.15, -0.1) is 0 Å². The van der Waals surface area contributed by atoms with E-state index in [-0.39, 0.29) is 23.1 Å². The summed E-state index contributed by atoms with van der Waals surface area (Å²) in [4.78, 5) is 13.4. The summed E-state index contributed by atoms with van der Waals surface area (Å²) in [5, 5.41) is 12.1. The summed E-state index contributed by atoms with van der Waals surface area (Å²) in [6.07, 6.45) is 5.09. The van der Waals surface area contributed by atoms with Crippen LogP contribution >= 0.6 is 0 Å². The molecule has 1 heterocycles. The van der Waals surface area contributed by atoms with Crippen LogP contribution in [0.4, 0.5) is 4.39 Å². The maximum Gasteiger partial charge on any atom is 0.233 e. The number of fused-ring (bicyclic) bond motifs is 5. The molecule has 4 nitrogen and oxygen atoms in total. The molecule has 2 saturated carbocycles. The van der Waals surface area contributed by atoms with Gasteiger partial charge in [-0.25, -0.2) is 4.39 Å². The second-order valence-corrected chi connectivity index (χ2v) is 8.83. The minimum atomic E-state index is -0.622. The molecule has 0 saturated heterocycles. The minimum absolute atomic E-state index is 0.103. The number of carbonyl (C=O) groups excluding carboxylic acids is 1. The van der Waals surface area contributed by atoms with Crippen molar-refractivity contribution in [3.05, 3.63) is 47.4 Å². The van der Waals surface area contributed by atoms with Gasteiger partial charge in [0.25, 0.3) is 0 Å². The average Bonchev–Trinajstić information content (AvgIpc) is 3.00. The van der Waals surface area contributed by atoms with E-state index in [4.69, 9.17) is 0 Å². The average molecular weight is 365 g/mol. The first-order valence-electron chi connectivity index (χ1n) is 9.89. The molecule has 2 atom stereocenters. The predicted molar refractivity (Wildman–Crippen MR) is 101 cm³/mol. The molecule has 27 heavy (non-hydrogen) atoms. The molecule has 1 aromatic heterocycles. The summed E-state index contributed by atoms with van der Waals surface area (Å²) in [5.74, 6) is 0.0543. The van der Waals surface area contributed by atoms with Gasteiger partial charge in [0.05, 0.1) is 16.8 Å². The van der Waals surface area contributed by atoms with Gasteiger partial charge in [-0.3, -0.25) is 4.79 Å². The fourth-order valence-electron chi connectivity index (χ4n) is 5.49. The van der Waals surface area contributed by atoms with Crippen LogP contribution in [0.2, 0.25) is 0 Å². The number of aromatic nitrogens is 2. The number of nitrogens with one attached hydrogen (secondary N) is 1. The quantitative estimate of drug-likeness (QED) is 0.891. The molecule has 0 radical (unpaired) electrons. The molecule has 0 spiro atoms. The normalized spacial score (nSPS) is 27.9. The lowest BCUT2D eigenvalue weighted by Crippen LogP contribution is -2.53. The van der Waals surface area contributed by atoms with Gasteiger partial charge >= 0.3 is 0 Å². The number of amides is 1. The van der Waals surface area contributed by atoms with Crippen molar-refractivity contribution in [1.29, 1.82) is 0 Å². The van der Waals surface area contributed by atoms with Crippen LogP contribution in [0.1, 0.15) is 63.1 Å². The molecule has 1 amide bonds. The standard InChI is InChI=1S/C22H24FN3O/c1-21(2)16-10-11-22(21,20(27)24-13-6-5-7-13)19-15(16)12-18(25-26-19)14-8-3-4-9-17(14)23/h3-4,8-9,12-13,16H,5-7,10-11H2,1-2H3,(H,24,27)/t16-,22+/m0/s1. The van der Waals surface area contributed by atoms with Gasteiger partial charge in [0.15, 0.2) is 0 Å². The number of rotatable bonds is 3. The van der Waals surface area contributed by atoms with Crippen molar-refractivity contribution >= 4 is 5.91 Å². The van der Waals surface area contributed by atoms with E-state index in [9.17, 15) is 9.18 Å². The van der Waals surface area contributed by atoms with Crippen LogP contribution in [0.5, 0.6) is 0 Å². The molecule has 140 valence electrons. The first-order valence-corrected chi connectivity index (χ1v) is 9.89. The van der Waals surface area contributed by atoms with E-state index < -0.39 is 5.41 Å². The molecule has 5 rings (SSSR count). The zero-order valence-corrected chi connectivity index (χ0v) is 15.8. The number of hydrogen-bond acceptors (Lipinski definition) is 3. The first-order chi connectivity index (χ1) is 12.9. The largest absolute Gasteiger partial charge is 0.353 e. The lowest BCUT2D eigenvalue weighted by atomic mass is 9.67. The van der Waals surface area contributed by atoms with Gasteiger partial charge in [0.2, 0.25) is 5.91 Å². The Hall–Kier alpha value is -2.30. The monoisotopic (exact) mass is 365 g/mol. The number of benzene rings is 1. The highest BCUT2D eigenvalue weighted by Gasteiger charge is 2.67. The summed E-state index contributed by atoms with van der Waals surface area (Å²) in [6.45, 7) is 4.35.